The van der Waals surface area contributed by atoms with Crippen LogP contribution in [0.4, 0.5) is 0 Å². The molecule has 1 N–H and O–H groups in total. The van der Waals surface area contributed by atoms with E-state index in [1.54, 1.807) is 0 Å². The van der Waals surface area contributed by atoms with Crippen LogP contribution < -0.4 is 5.32 Å². The summed E-state index contributed by atoms with van der Waals surface area (Å²) in [6.07, 6.45) is 1.06. The van der Waals surface area contributed by atoms with Gasteiger partial charge in [-0.25, -0.2) is 0 Å². The summed E-state index contributed by atoms with van der Waals surface area (Å²) < 4.78 is 1.15. The molecule has 21 heavy (non-hydrogen) atoms. The van der Waals surface area contributed by atoms with E-state index in [0.717, 1.165) is 17.4 Å². The maximum atomic E-state index is 3.64. The van der Waals surface area contributed by atoms with Gasteiger partial charge in [0.15, 0.2) is 0 Å². The molecule has 2 heteroatoms. The summed E-state index contributed by atoms with van der Waals surface area (Å²) in [5.74, 6) is 0.476. The van der Waals surface area contributed by atoms with Crippen LogP contribution in [-0.4, -0.2) is 12.1 Å². The fraction of sp³-hybridized carbons (Fsp3) is 0.368. The molecular weight excluding hydrogens is 322 g/mol. The fourth-order valence-electron chi connectivity index (χ4n) is 2.40. The zero-order chi connectivity index (χ0) is 15.3. The molecule has 2 rings (SSSR count). The van der Waals surface area contributed by atoms with Gasteiger partial charge in [-0.3, -0.25) is 0 Å². The molecular formula is C19H24BrN. The summed E-state index contributed by atoms with van der Waals surface area (Å²) in [6.45, 7) is 7.63. The SMILES string of the molecule is CC(C)(C)NCC(Cc1ccccc1)c1cccc(Br)c1. The Morgan fingerprint density at radius 2 is 1.71 bits per heavy atom. The largest absolute Gasteiger partial charge is 0.311 e. The molecule has 1 nitrogen and oxygen atoms in total. The highest BCUT2D eigenvalue weighted by Crippen LogP contribution is 2.24. The van der Waals surface area contributed by atoms with Gasteiger partial charge in [-0.2, -0.15) is 0 Å². The average Bonchev–Trinajstić information content (AvgIpc) is 2.43. The summed E-state index contributed by atoms with van der Waals surface area (Å²) in [5, 5.41) is 3.64. The van der Waals surface area contributed by atoms with E-state index in [1.165, 1.54) is 11.1 Å². The Morgan fingerprint density at radius 1 is 1.00 bits per heavy atom. The molecule has 0 heterocycles. The van der Waals surface area contributed by atoms with Crippen LogP contribution in [0.3, 0.4) is 0 Å². The van der Waals surface area contributed by atoms with Crippen LogP contribution in [0.2, 0.25) is 0 Å². The maximum absolute atomic E-state index is 3.64. The highest BCUT2D eigenvalue weighted by molar-refractivity contribution is 9.10. The van der Waals surface area contributed by atoms with Crippen molar-refractivity contribution >= 4 is 15.9 Å². The van der Waals surface area contributed by atoms with Crippen molar-refractivity contribution in [3.8, 4) is 0 Å². The third-order valence-electron chi connectivity index (χ3n) is 3.52. The topological polar surface area (TPSA) is 12.0 Å². The first kappa shape index (κ1) is 16.3. The fourth-order valence-corrected chi connectivity index (χ4v) is 2.81. The van der Waals surface area contributed by atoms with Crippen molar-refractivity contribution < 1.29 is 0 Å². The summed E-state index contributed by atoms with van der Waals surface area (Å²) >= 11 is 3.59. The summed E-state index contributed by atoms with van der Waals surface area (Å²) in [5.41, 5.74) is 2.91. The molecule has 2 aromatic rings. The minimum atomic E-state index is 0.140. The predicted molar refractivity (Wildman–Crippen MR) is 94.8 cm³/mol. The zero-order valence-electron chi connectivity index (χ0n) is 13.1. The number of benzene rings is 2. The number of hydrogen-bond acceptors (Lipinski definition) is 1. The molecule has 0 bridgehead atoms. The first-order valence-corrected chi connectivity index (χ1v) is 8.28. The van der Waals surface area contributed by atoms with Crippen LogP contribution in [0.5, 0.6) is 0 Å². The Hall–Kier alpha value is -1.12. The second-order valence-corrected chi connectivity index (χ2v) is 7.49. The average molecular weight is 346 g/mol. The van der Waals surface area contributed by atoms with Crippen molar-refractivity contribution in [3.63, 3.8) is 0 Å². The molecule has 112 valence electrons. The number of hydrogen-bond donors (Lipinski definition) is 1. The molecule has 0 saturated carbocycles. The third kappa shape index (κ3) is 5.64. The first-order valence-electron chi connectivity index (χ1n) is 7.48. The van der Waals surface area contributed by atoms with Crippen molar-refractivity contribution in [2.75, 3.05) is 6.54 Å². The smallest absolute Gasteiger partial charge is 0.0178 e. The summed E-state index contributed by atoms with van der Waals surface area (Å²) in [4.78, 5) is 0. The van der Waals surface area contributed by atoms with Gasteiger partial charge < -0.3 is 5.32 Å². The Bertz CT molecular complexity index is 557. The lowest BCUT2D eigenvalue weighted by molar-refractivity contribution is 0.405. The molecule has 0 radical (unpaired) electrons. The van der Waals surface area contributed by atoms with Crippen LogP contribution in [-0.2, 0) is 6.42 Å². The van der Waals surface area contributed by atoms with E-state index in [-0.39, 0.29) is 5.54 Å². The van der Waals surface area contributed by atoms with Crippen LogP contribution in [0.15, 0.2) is 59.1 Å². The van der Waals surface area contributed by atoms with E-state index in [4.69, 9.17) is 0 Å². The van der Waals surface area contributed by atoms with Gasteiger partial charge >= 0.3 is 0 Å². The van der Waals surface area contributed by atoms with Gasteiger partial charge in [0, 0.05) is 22.5 Å². The van der Waals surface area contributed by atoms with E-state index >= 15 is 0 Å². The molecule has 0 aliphatic rings. The van der Waals surface area contributed by atoms with Crippen molar-refractivity contribution in [1.29, 1.82) is 0 Å². The highest BCUT2D eigenvalue weighted by Gasteiger charge is 2.16. The van der Waals surface area contributed by atoms with Crippen LogP contribution in [0.1, 0.15) is 37.8 Å². The van der Waals surface area contributed by atoms with E-state index in [1.807, 2.05) is 0 Å². The monoisotopic (exact) mass is 345 g/mol. The van der Waals surface area contributed by atoms with Gasteiger partial charge in [-0.1, -0.05) is 58.4 Å². The van der Waals surface area contributed by atoms with Gasteiger partial charge in [0.05, 0.1) is 0 Å². The molecule has 0 aliphatic carbocycles. The lowest BCUT2D eigenvalue weighted by atomic mass is 9.91. The van der Waals surface area contributed by atoms with E-state index < -0.39 is 0 Å². The van der Waals surface area contributed by atoms with Crippen molar-refractivity contribution in [3.05, 3.63) is 70.2 Å². The minimum absolute atomic E-state index is 0.140. The minimum Gasteiger partial charge on any atom is -0.311 e. The number of rotatable bonds is 5. The number of halogens is 1. The Balaban J connectivity index is 2.17. The zero-order valence-corrected chi connectivity index (χ0v) is 14.7. The summed E-state index contributed by atoms with van der Waals surface area (Å²) in [7, 11) is 0. The Morgan fingerprint density at radius 3 is 2.33 bits per heavy atom. The second-order valence-electron chi connectivity index (χ2n) is 6.57. The Kier molecular flexibility index (Phi) is 5.60. The second kappa shape index (κ2) is 7.24. The molecule has 0 fully saturated rings. The molecule has 2 aromatic carbocycles. The molecule has 0 spiro atoms. The number of nitrogens with one attached hydrogen (secondary N) is 1. The predicted octanol–water partition coefficient (Wildman–Crippen LogP) is 5.16. The quantitative estimate of drug-likeness (QED) is 0.788. The third-order valence-corrected chi connectivity index (χ3v) is 4.02. The van der Waals surface area contributed by atoms with E-state index in [2.05, 4.69) is 96.6 Å². The molecule has 0 aliphatic heterocycles. The maximum Gasteiger partial charge on any atom is 0.0178 e. The van der Waals surface area contributed by atoms with Gasteiger partial charge in [-0.15, -0.1) is 0 Å². The lowest BCUT2D eigenvalue weighted by Gasteiger charge is -2.26. The van der Waals surface area contributed by atoms with E-state index in [0.29, 0.717) is 5.92 Å². The van der Waals surface area contributed by atoms with Crippen molar-refractivity contribution in [2.45, 2.75) is 38.6 Å². The summed E-state index contributed by atoms with van der Waals surface area (Å²) in [6, 6.07) is 19.4. The molecule has 0 aromatic heterocycles. The van der Waals surface area contributed by atoms with Crippen LogP contribution >= 0.6 is 15.9 Å². The van der Waals surface area contributed by atoms with Gasteiger partial charge in [-0.05, 0) is 50.5 Å². The van der Waals surface area contributed by atoms with Crippen molar-refractivity contribution in [1.82, 2.24) is 5.32 Å². The van der Waals surface area contributed by atoms with Gasteiger partial charge in [0.1, 0.15) is 0 Å². The van der Waals surface area contributed by atoms with Gasteiger partial charge in [0.2, 0.25) is 0 Å². The lowest BCUT2D eigenvalue weighted by Crippen LogP contribution is -2.39. The van der Waals surface area contributed by atoms with Gasteiger partial charge in [0.25, 0.3) is 0 Å². The first-order chi connectivity index (χ1) is 9.94. The Labute approximate surface area is 136 Å². The van der Waals surface area contributed by atoms with Crippen LogP contribution in [0, 0.1) is 0 Å². The van der Waals surface area contributed by atoms with Crippen LogP contribution in [0.25, 0.3) is 0 Å². The molecule has 0 amide bonds. The molecule has 0 saturated heterocycles. The normalized spacial score (nSPS) is 13.1. The molecule has 1 unspecified atom stereocenters. The van der Waals surface area contributed by atoms with Crippen molar-refractivity contribution in [2.24, 2.45) is 0 Å². The standard InChI is InChI=1S/C19H24BrN/c1-19(2,3)21-14-17(12-15-8-5-4-6-9-15)16-10-7-11-18(20)13-16/h4-11,13,17,21H,12,14H2,1-3H3. The highest BCUT2D eigenvalue weighted by atomic mass is 79.9. The molecule has 1 atom stereocenters. The van der Waals surface area contributed by atoms with E-state index in [9.17, 15) is 0 Å².